The highest BCUT2D eigenvalue weighted by molar-refractivity contribution is 7.22. The Balaban J connectivity index is 2.82. The Labute approximate surface area is 78.4 Å². The normalized spacial score (nSPS) is 10.6. The maximum atomic E-state index is 13.2. The van der Waals surface area contributed by atoms with Crippen LogP contribution < -0.4 is 11.1 Å². The number of aromatic nitrogens is 1. The molecule has 0 unspecified atom stereocenters. The van der Waals surface area contributed by atoms with Crippen LogP contribution in [0, 0.1) is 5.82 Å². The van der Waals surface area contributed by atoms with Crippen molar-refractivity contribution in [1.82, 2.24) is 4.98 Å². The van der Waals surface area contributed by atoms with Crippen LogP contribution in [-0.2, 0) is 0 Å². The highest BCUT2D eigenvalue weighted by atomic mass is 32.1. The molecule has 68 valence electrons. The lowest BCUT2D eigenvalue weighted by atomic mass is 10.3. The third kappa shape index (κ3) is 1.21. The number of anilines is 2. The van der Waals surface area contributed by atoms with E-state index in [0.29, 0.717) is 16.3 Å². The van der Waals surface area contributed by atoms with Gasteiger partial charge >= 0.3 is 0 Å². The number of benzene rings is 1. The molecule has 0 bridgehead atoms. The van der Waals surface area contributed by atoms with Crippen molar-refractivity contribution in [3.8, 4) is 0 Å². The van der Waals surface area contributed by atoms with Crippen molar-refractivity contribution in [2.24, 2.45) is 0 Å². The average molecular weight is 197 g/mol. The van der Waals surface area contributed by atoms with Crippen LogP contribution in [-0.4, -0.2) is 12.0 Å². The second-order valence-corrected chi connectivity index (χ2v) is 3.63. The maximum absolute atomic E-state index is 13.2. The van der Waals surface area contributed by atoms with E-state index in [1.165, 1.54) is 17.4 Å². The summed E-state index contributed by atoms with van der Waals surface area (Å²) in [6.07, 6.45) is 0. The van der Waals surface area contributed by atoms with E-state index in [1.807, 2.05) is 0 Å². The molecule has 0 aliphatic carbocycles. The van der Waals surface area contributed by atoms with E-state index in [4.69, 9.17) is 5.73 Å². The van der Waals surface area contributed by atoms with Crippen molar-refractivity contribution in [3.63, 3.8) is 0 Å². The lowest BCUT2D eigenvalue weighted by molar-refractivity contribution is 0.633. The lowest BCUT2D eigenvalue weighted by Crippen LogP contribution is -1.93. The summed E-state index contributed by atoms with van der Waals surface area (Å²) in [4.78, 5) is 4.04. The van der Waals surface area contributed by atoms with Gasteiger partial charge in [-0.2, -0.15) is 0 Å². The molecule has 0 atom stereocenters. The van der Waals surface area contributed by atoms with Gasteiger partial charge in [0.2, 0.25) is 0 Å². The molecule has 0 aliphatic rings. The lowest BCUT2D eigenvalue weighted by Gasteiger charge is -2.01. The molecule has 0 radical (unpaired) electrons. The number of nitrogens with zero attached hydrogens (tertiary/aromatic N) is 1. The minimum absolute atomic E-state index is 0.305. The first-order valence-electron chi connectivity index (χ1n) is 3.74. The highest BCUT2D eigenvalue weighted by Crippen LogP contribution is 2.30. The molecule has 1 aromatic carbocycles. The van der Waals surface area contributed by atoms with Crippen molar-refractivity contribution >= 4 is 32.4 Å². The van der Waals surface area contributed by atoms with E-state index in [-0.39, 0.29) is 5.82 Å². The monoisotopic (exact) mass is 197 g/mol. The summed E-state index contributed by atoms with van der Waals surface area (Å²) in [5, 5.41) is 3.22. The minimum Gasteiger partial charge on any atom is -0.384 e. The van der Waals surface area contributed by atoms with E-state index in [2.05, 4.69) is 10.3 Å². The van der Waals surface area contributed by atoms with E-state index >= 15 is 0 Å². The number of nitrogens with two attached hydrogens (primary N) is 1. The molecule has 3 nitrogen and oxygen atoms in total. The van der Waals surface area contributed by atoms with Gasteiger partial charge in [-0.1, -0.05) is 11.3 Å². The molecular formula is C8H8FN3S. The van der Waals surface area contributed by atoms with Gasteiger partial charge in [-0.15, -0.1) is 0 Å². The molecule has 0 saturated heterocycles. The number of rotatable bonds is 1. The van der Waals surface area contributed by atoms with Gasteiger partial charge in [-0.3, -0.25) is 0 Å². The van der Waals surface area contributed by atoms with Gasteiger partial charge in [0.25, 0.3) is 0 Å². The van der Waals surface area contributed by atoms with E-state index < -0.39 is 0 Å². The number of nitrogen functional groups attached to an aromatic ring is 1. The largest absolute Gasteiger partial charge is 0.384 e. The van der Waals surface area contributed by atoms with Crippen molar-refractivity contribution in [3.05, 3.63) is 17.9 Å². The van der Waals surface area contributed by atoms with Crippen molar-refractivity contribution in [2.45, 2.75) is 0 Å². The summed E-state index contributed by atoms with van der Waals surface area (Å²) in [5.41, 5.74) is 6.53. The van der Waals surface area contributed by atoms with Crippen LogP contribution in [0.2, 0.25) is 0 Å². The molecule has 1 aromatic heterocycles. The van der Waals surface area contributed by atoms with E-state index in [9.17, 15) is 4.39 Å². The quantitative estimate of drug-likeness (QED) is 0.735. The van der Waals surface area contributed by atoms with Crippen LogP contribution in [0.5, 0.6) is 0 Å². The topological polar surface area (TPSA) is 50.9 Å². The molecule has 1 heterocycles. The highest BCUT2D eigenvalue weighted by Gasteiger charge is 2.09. The number of hydrogen-bond acceptors (Lipinski definition) is 4. The zero-order valence-corrected chi connectivity index (χ0v) is 7.78. The minimum atomic E-state index is -0.305. The van der Waals surface area contributed by atoms with Crippen LogP contribution in [0.4, 0.5) is 15.2 Å². The molecule has 0 fully saturated rings. The van der Waals surface area contributed by atoms with Gasteiger partial charge in [-0.25, -0.2) is 9.37 Å². The summed E-state index contributed by atoms with van der Waals surface area (Å²) in [5.74, 6) is -0.305. The van der Waals surface area contributed by atoms with Gasteiger partial charge in [0, 0.05) is 7.05 Å². The number of thiazole rings is 1. The summed E-state index contributed by atoms with van der Waals surface area (Å²) in [7, 11) is 1.66. The fourth-order valence-corrected chi connectivity index (χ4v) is 1.97. The number of halogens is 1. The summed E-state index contributed by atoms with van der Waals surface area (Å²) >= 11 is 1.35. The molecule has 0 saturated carbocycles. The van der Waals surface area contributed by atoms with Gasteiger partial charge < -0.3 is 11.1 Å². The molecule has 13 heavy (non-hydrogen) atoms. The molecule has 3 N–H and O–H groups in total. The Morgan fingerprint density at radius 1 is 1.54 bits per heavy atom. The molecule has 0 aliphatic heterocycles. The Morgan fingerprint density at radius 3 is 3.00 bits per heavy atom. The second kappa shape index (κ2) is 2.85. The molecule has 0 amide bonds. The van der Waals surface area contributed by atoms with E-state index in [0.717, 1.165) is 4.70 Å². The molecule has 2 rings (SSSR count). The Hall–Kier alpha value is -1.36. The third-order valence-electron chi connectivity index (χ3n) is 1.78. The van der Waals surface area contributed by atoms with Gasteiger partial charge in [-0.05, 0) is 12.1 Å². The van der Waals surface area contributed by atoms with Crippen LogP contribution >= 0.6 is 11.3 Å². The van der Waals surface area contributed by atoms with Crippen molar-refractivity contribution in [2.75, 3.05) is 18.1 Å². The predicted octanol–water partition coefficient (Wildman–Crippen LogP) is 2.06. The predicted molar refractivity (Wildman–Crippen MR) is 53.5 cm³/mol. The number of hydrogen-bond donors (Lipinski definition) is 2. The maximum Gasteiger partial charge on any atom is 0.181 e. The smallest absolute Gasteiger partial charge is 0.181 e. The first-order valence-corrected chi connectivity index (χ1v) is 4.56. The van der Waals surface area contributed by atoms with Crippen LogP contribution in [0.3, 0.4) is 0 Å². The summed E-state index contributed by atoms with van der Waals surface area (Å²) in [6.45, 7) is 0. The van der Waals surface area contributed by atoms with Crippen molar-refractivity contribution in [1.29, 1.82) is 0 Å². The number of nitrogens with one attached hydrogen (secondary N) is 1. The molecule has 5 heteroatoms. The standard InChI is InChI=1S/C8H8FN3S/c1-11-6-4(9)2-3-5-7(6)12-8(10)13-5/h2-3,11H,1H3,(H2,10,12). The Kier molecular flexibility index (Phi) is 1.81. The zero-order chi connectivity index (χ0) is 9.42. The van der Waals surface area contributed by atoms with Crippen LogP contribution in [0.1, 0.15) is 0 Å². The van der Waals surface area contributed by atoms with Crippen LogP contribution in [0.15, 0.2) is 12.1 Å². The van der Waals surface area contributed by atoms with Gasteiger partial charge in [0.05, 0.1) is 10.4 Å². The Morgan fingerprint density at radius 2 is 2.31 bits per heavy atom. The van der Waals surface area contributed by atoms with Gasteiger partial charge in [0.15, 0.2) is 5.13 Å². The second-order valence-electron chi connectivity index (χ2n) is 2.57. The van der Waals surface area contributed by atoms with E-state index in [1.54, 1.807) is 13.1 Å². The fraction of sp³-hybridized carbons (Fsp3) is 0.125. The summed E-state index contributed by atoms with van der Waals surface area (Å²) in [6, 6.07) is 3.09. The number of fused-ring (bicyclic) bond motifs is 1. The Bertz CT molecular complexity index is 452. The molecule has 2 aromatic rings. The fourth-order valence-electron chi connectivity index (χ4n) is 1.22. The zero-order valence-electron chi connectivity index (χ0n) is 6.97. The average Bonchev–Trinajstić information content (AvgIpc) is 2.45. The van der Waals surface area contributed by atoms with Gasteiger partial charge in [0.1, 0.15) is 11.3 Å². The molecular weight excluding hydrogens is 189 g/mol. The van der Waals surface area contributed by atoms with Crippen molar-refractivity contribution < 1.29 is 4.39 Å². The summed E-state index contributed by atoms with van der Waals surface area (Å²) < 4.78 is 14.1. The SMILES string of the molecule is CNc1c(F)ccc2sc(N)nc12. The first-order chi connectivity index (χ1) is 6.22. The van der Waals surface area contributed by atoms with Crippen LogP contribution in [0.25, 0.3) is 10.2 Å². The third-order valence-corrected chi connectivity index (χ3v) is 2.63. The first kappa shape index (κ1) is 8.25. The molecule has 0 spiro atoms.